The van der Waals surface area contributed by atoms with Crippen LogP contribution in [-0.2, 0) is 36.9 Å². The van der Waals surface area contributed by atoms with Crippen LogP contribution in [0.4, 0.5) is 0 Å². The third kappa shape index (κ3) is 5.50. The van der Waals surface area contributed by atoms with Gasteiger partial charge in [-0.2, -0.15) is 0 Å². The Morgan fingerprint density at radius 3 is 2.35 bits per heavy atom. The van der Waals surface area contributed by atoms with Crippen LogP contribution in [0.15, 0.2) is 60.7 Å². The zero-order chi connectivity index (χ0) is 21.8. The highest BCUT2D eigenvalue weighted by Crippen LogP contribution is 2.40. The molecule has 0 aromatic heterocycles. The first-order valence-corrected chi connectivity index (χ1v) is 10.6. The van der Waals surface area contributed by atoms with E-state index in [1.165, 1.54) is 0 Å². The van der Waals surface area contributed by atoms with E-state index in [-0.39, 0.29) is 6.42 Å². The van der Waals surface area contributed by atoms with Gasteiger partial charge in [-0.3, -0.25) is 4.79 Å². The maximum absolute atomic E-state index is 11.6. The van der Waals surface area contributed by atoms with Crippen LogP contribution < -0.4 is 5.32 Å². The normalized spacial score (nSPS) is 27.7. The molecule has 0 unspecified atom stereocenters. The number of ether oxygens (including phenoxy) is 4. The van der Waals surface area contributed by atoms with Crippen molar-refractivity contribution in [2.45, 2.75) is 69.9 Å². The summed E-state index contributed by atoms with van der Waals surface area (Å²) in [6, 6.07) is 19.2. The smallest absolute Gasteiger partial charge is 0.305 e. The topological polar surface area (TPSA) is 86.3 Å². The second-order valence-corrected chi connectivity index (χ2v) is 8.40. The number of hydrogen-bond acceptors (Lipinski definition) is 6. The minimum atomic E-state index is -0.907. The lowest BCUT2D eigenvalue weighted by Crippen LogP contribution is -2.49. The van der Waals surface area contributed by atoms with E-state index in [4.69, 9.17) is 18.9 Å². The van der Waals surface area contributed by atoms with Gasteiger partial charge in [0.05, 0.1) is 13.0 Å². The summed E-state index contributed by atoms with van der Waals surface area (Å²) in [7, 11) is 0. The second-order valence-electron chi connectivity index (χ2n) is 8.40. The second kappa shape index (κ2) is 9.46. The van der Waals surface area contributed by atoms with E-state index in [1.54, 1.807) is 0 Å². The van der Waals surface area contributed by atoms with Gasteiger partial charge in [0.1, 0.15) is 18.3 Å². The molecule has 2 aliphatic heterocycles. The molecule has 0 radical (unpaired) electrons. The fourth-order valence-corrected chi connectivity index (χ4v) is 4.12. The summed E-state index contributed by atoms with van der Waals surface area (Å²) in [5.74, 6) is -1.69. The Morgan fingerprint density at radius 2 is 1.71 bits per heavy atom. The Kier molecular flexibility index (Phi) is 6.69. The predicted octanol–water partition coefficient (Wildman–Crippen LogP) is 3.08. The quantitative estimate of drug-likeness (QED) is 0.636. The molecule has 0 amide bonds. The Hall–Kier alpha value is -2.29. The van der Waals surface area contributed by atoms with Crippen molar-refractivity contribution >= 4 is 5.97 Å². The molecule has 2 heterocycles. The van der Waals surface area contributed by atoms with Gasteiger partial charge in [0.25, 0.3) is 0 Å². The molecule has 2 N–H and O–H groups in total. The number of nitrogens with one attached hydrogen (secondary N) is 1. The number of carboxylic acids is 1. The van der Waals surface area contributed by atoms with Gasteiger partial charge >= 0.3 is 5.97 Å². The van der Waals surface area contributed by atoms with Crippen LogP contribution in [-0.4, -0.2) is 47.5 Å². The van der Waals surface area contributed by atoms with Crippen molar-refractivity contribution in [1.29, 1.82) is 0 Å². The van der Waals surface area contributed by atoms with Gasteiger partial charge in [0.15, 0.2) is 12.1 Å². The van der Waals surface area contributed by atoms with Gasteiger partial charge in [0, 0.05) is 12.6 Å². The van der Waals surface area contributed by atoms with Crippen LogP contribution in [0.2, 0.25) is 0 Å². The summed E-state index contributed by atoms with van der Waals surface area (Å²) in [5, 5.41) is 12.9. The number of hydrogen-bond donors (Lipinski definition) is 2. The molecule has 7 heteroatoms. The minimum absolute atomic E-state index is 0.106. The summed E-state index contributed by atoms with van der Waals surface area (Å²) >= 11 is 0. The van der Waals surface area contributed by atoms with Crippen LogP contribution in [0.1, 0.15) is 31.4 Å². The maximum atomic E-state index is 11.6. The van der Waals surface area contributed by atoms with Gasteiger partial charge in [-0.05, 0) is 25.0 Å². The fourth-order valence-electron chi connectivity index (χ4n) is 4.12. The molecule has 2 aliphatic rings. The molecular formula is C24H29NO6. The zero-order valence-electron chi connectivity index (χ0n) is 17.8. The van der Waals surface area contributed by atoms with Gasteiger partial charge in [-0.15, -0.1) is 0 Å². The predicted molar refractivity (Wildman–Crippen MR) is 113 cm³/mol. The molecule has 0 saturated carbocycles. The fraction of sp³-hybridized carbons (Fsp3) is 0.458. The molecule has 2 aromatic carbocycles. The van der Waals surface area contributed by atoms with Gasteiger partial charge < -0.3 is 29.4 Å². The molecule has 0 aliphatic carbocycles. The van der Waals surface area contributed by atoms with Crippen LogP contribution >= 0.6 is 0 Å². The van der Waals surface area contributed by atoms with Crippen molar-refractivity contribution in [2.75, 3.05) is 0 Å². The molecule has 31 heavy (non-hydrogen) atoms. The molecule has 0 bridgehead atoms. The zero-order valence-corrected chi connectivity index (χ0v) is 17.8. The van der Waals surface area contributed by atoms with Crippen LogP contribution in [0.5, 0.6) is 0 Å². The molecule has 2 fully saturated rings. The van der Waals surface area contributed by atoms with E-state index >= 15 is 0 Å². The third-order valence-electron chi connectivity index (χ3n) is 5.51. The molecule has 7 nitrogen and oxygen atoms in total. The minimum Gasteiger partial charge on any atom is -0.481 e. The van der Waals surface area contributed by atoms with E-state index in [9.17, 15) is 9.90 Å². The van der Waals surface area contributed by atoms with Crippen LogP contribution in [0, 0.1) is 0 Å². The van der Waals surface area contributed by atoms with E-state index < -0.39 is 42.4 Å². The third-order valence-corrected chi connectivity index (χ3v) is 5.51. The molecule has 2 saturated heterocycles. The lowest BCUT2D eigenvalue weighted by Gasteiger charge is -2.31. The Bertz CT molecular complexity index is 859. The molecule has 4 rings (SSSR count). The Morgan fingerprint density at radius 1 is 1.06 bits per heavy atom. The Labute approximate surface area is 182 Å². The van der Waals surface area contributed by atoms with E-state index in [1.807, 2.05) is 74.5 Å². The number of benzene rings is 2. The van der Waals surface area contributed by atoms with Gasteiger partial charge in [0.2, 0.25) is 0 Å². The lowest BCUT2D eigenvalue weighted by molar-refractivity contribution is -0.223. The number of fused-ring (bicyclic) bond motifs is 1. The van der Waals surface area contributed by atoms with Crippen molar-refractivity contribution in [3.05, 3.63) is 71.8 Å². The van der Waals surface area contributed by atoms with E-state index in [0.29, 0.717) is 13.2 Å². The summed E-state index contributed by atoms with van der Waals surface area (Å²) in [5.41, 5.74) is 2.08. The standard InChI is InChI=1S/C24H29NO6/c1-24(2)30-22-21(28-15-17-11-7-4-8-12-17)20(29-23(22)31-24)18(13-19(26)27)25-14-16-9-5-3-6-10-16/h3-12,18,20-23,25H,13-15H2,1-2H3,(H,26,27)/t18-,20+,21-,22+,23+/m0/s1. The van der Waals surface area contributed by atoms with Gasteiger partial charge in [-0.25, -0.2) is 0 Å². The van der Waals surface area contributed by atoms with E-state index in [2.05, 4.69) is 5.32 Å². The van der Waals surface area contributed by atoms with Gasteiger partial charge in [-0.1, -0.05) is 60.7 Å². The van der Waals surface area contributed by atoms with Crippen LogP contribution in [0.25, 0.3) is 0 Å². The summed E-state index contributed by atoms with van der Waals surface area (Å²) in [6.07, 6.45) is -2.14. The van der Waals surface area contributed by atoms with Crippen LogP contribution in [0.3, 0.4) is 0 Å². The maximum Gasteiger partial charge on any atom is 0.305 e. The monoisotopic (exact) mass is 427 g/mol. The first-order chi connectivity index (χ1) is 14.9. The highest BCUT2D eigenvalue weighted by Gasteiger charge is 2.57. The number of carbonyl (C=O) groups is 1. The van der Waals surface area contributed by atoms with E-state index in [0.717, 1.165) is 11.1 Å². The average molecular weight is 427 g/mol. The summed E-state index contributed by atoms with van der Waals surface area (Å²) in [6.45, 7) is 4.56. The highest BCUT2D eigenvalue weighted by atomic mass is 16.8. The lowest BCUT2D eigenvalue weighted by atomic mass is 10.00. The highest BCUT2D eigenvalue weighted by molar-refractivity contribution is 5.67. The number of rotatable bonds is 9. The van der Waals surface area contributed by atoms with Crippen molar-refractivity contribution in [2.24, 2.45) is 0 Å². The molecule has 166 valence electrons. The first kappa shape index (κ1) is 21.9. The summed E-state index contributed by atoms with van der Waals surface area (Å²) in [4.78, 5) is 11.6. The number of aliphatic carboxylic acids is 1. The van der Waals surface area contributed by atoms with Crippen molar-refractivity contribution in [3.63, 3.8) is 0 Å². The first-order valence-electron chi connectivity index (χ1n) is 10.6. The summed E-state index contributed by atoms with van der Waals surface area (Å²) < 4.78 is 24.4. The average Bonchev–Trinajstić information content (AvgIpc) is 3.22. The largest absolute Gasteiger partial charge is 0.481 e. The molecular weight excluding hydrogens is 398 g/mol. The molecule has 2 aromatic rings. The van der Waals surface area contributed by atoms with Crippen molar-refractivity contribution < 1.29 is 28.8 Å². The molecule has 5 atom stereocenters. The van der Waals surface area contributed by atoms with Crippen molar-refractivity contribution in [3.8, 4) is 0 Å². The number of carboxylic acid groups (broad SMARTS) is 1. The molecule has 0 spiro atoms. The SMILES string of the molecule is CC1(C)O[C@H]2O[C@H]([C@H](CC(=O)O)NCc3ccccc3)[C@H](OCc3ccccc3)[C@H]2O1. The Balaban J connectivity index is 1.51. The van der Waals surface area contributed by atoms with Crippen molar-refractivity contribution in [1.82, 2.24) is 5.32 Å².